The second kappa shape index (κ2) is 11.8. The lowest BCUT2D eigenvalue weighted by molar-refractivity contribution is -0.142. The van der Waals surface area contributed by atoms with E-state index in [1.165, 1.54) is 6.07 Å². The molecule has 2 aliphatic heterocycles. The number of alkyl halides is 3. The van der Waals surface area contributed by atoms with Crippen molar-refractivity contribution < 1.29 is 27.5 Å². The van der Waals surface area contributed by atoms with Gasteiger partial charge < -0.3 is 30.1 Å². The molecule has 2 aromatic heterocycles. The van der Waals surface area contributed by atoms with Gasteiger partial charge in [-0.3, -0.25) is 4.79 Å². The highest BCUT2D eigenvalue weighted by Gasteiger charge is 2.59. The third-order valence-corrected chi connectivity index (χ3v) is 9.33. The average molecular weight is 649 g/mol. The lowest BCUT2D eigenvalue weighted by Gasteiger charge is -2.28. The molecule has 3 fully saturated rings. The fourth-order valence-electron chi connectivity index (χ4n) is 6.76. The van der Waals surface area contributed by atoms with E-state index in [1.54, 1.807) is 48.5 Å². The van der Waals surface area contributed by atoms with E-state index < -0.39 is 17.9 Å². The van der Waals surface area contributed by atoms with Crippen molar-refractivity contribution in [1.29, 1.82) is 0 Å². The van der Waals surface area contributed by atoms with Crippen LogP contribution in [0.3, 0.4) is 0 Å². The van der Waals surface area contributed by atoms with Crippen molar-refractivity contribution in [2.45, 2.75) is 25.1 Å². The van der Waals surface area contributed by atoms with Crippen molar-refractivity contribution in [1.82, 2.24) is 24.4 Å². The van der Waals surface area contributed by atoms with E-state index in [4.69, 9.17) is 4.74 Å². The zero-order valence-corrected chi connectivity index (χ0v) is 26.0. The number of likely N-dealkylation sites (tertiary alicyclic amines) is 1. The molecular weight excluding hydrogens is 613 g/mol. The molecule has 7 rings (SSSR count). The number of morpholine rings is 1. The molecule has 3 aliphatic rings. The van der Waals surface area contributed by atoms with Crippen LogP contribution in [0.2, 0.25) is 0 Å². The molecule has 246 valence electrons. The first-order valence-electron chi connectivity index (χ1n) is 15.5. The van der Waals surface area contributed by atoms with Gasteiger partial charge in [-0.15, -0.1) is 5.10 Å². The first kappa shape index (κ1) is 30.9. The minimum Gasteiger partial charge on any atom is -0.378 e. The Morgan fingerprint density at radius 2 is 1.60 bits per heavy atom. The van der Waals surface area contributed by atoms with E-state index in [2.05, 4.69) is 39.7 Å². The van der Waals surface area contributed by atoms with Crippen LogP contribution < -0.4 is 15.5 Å². The Balaban J connectivity index is 1.01. The van der Waals surface area contributed by atoms with Gasteiger partial charge in [-0.25, -0.2) is 14.3 Å². The largest absolute Gasteiger partial charge is 0.433 e. The van der Waals surface area contributed by atoms with Gasteiger partial charge in [-0.05, 0) is 87.6 Å². The molecule has 0 bridgehead atoms. The summed E-state index contributed by atoms with van der Waals surface area (Å²) in [5, 5.41) is 9.75. The van der Waals surface area contributed by atoms with Gasteiger partial charge in [0.25, 0.3) is 5.91 Å². The summed E-state index contributed by atoms with van der Waals surface area (Å²) in [5.74, 6) is 0.507. The van der Waals surface area contributed by atoms with E-state index in [-0.39, 0.29) is 22.7 Å². The molecule has 14 heteroatoms. The Kier molecular flexibility index (Phi) is 7.79. The Morgan fingerprint density at radius 1 is 0.936 bits per heavy atom. The van der Waals surface area contributed by atoms with Crippen LogP contribution in [0.25, 0.3) is 16.9 Å². The lowest BCUT2D eigenvalue weighted by atomic mass is 10.1. The number of amides is 3. The number of rotatable bonds is 6. The first-order chi connectivity index (χ1) is 22.5. The first-order valence-corrected chi connectivity index (χ1v) is 15.5. The summed E-state index contributed by atoms with van der Waals surface area (Å²) in [7, 11) is 4.17. The second-order valence-electron chi connectivity index (χ2n) is 12.6. The highest BCUT2D eigenvalue weighted by Crippen LogP contribution is 2.55. The summed E-state index contributed by atoms with van der Waals surface area (Å²) in [6.45, 7) is 3.39. The van der Waals surface area contributed by atoms with Gasteiger partial charge in [0.2, 0.25) is 0 Å². The van der Waals surface area contributed by atoms with Crippen LogP contribution in [0.15, 0.2) is 60.7 Å². The van der Waals surface area contributed by atoms with Gasteiger partial charge in [0, 0.05) is 60.1 Å². The van der Waals surface area contributed by atoms with Crippen LogP contribution in [0.4, 0.5) is 35.2 Å². The number of hydrogen-bond acceptors (Lipinski definition) is 7. The third-order valence-electron chi connectivity index (χ3n) is 9.33. The molecule has 2 N–H and O–H groups in total. The topological polar surface area (TPSA) is 107 Å². The standard InChI is InChI=1S/C33H35F3N8O3/c1-41(2)27-19-32(27)13-14-43(20-32)30(45)22-5-9-24(10-6-22)38-31(46)37-23-7-3-21(4-8-23)28-39-29(42-15-17-47-18-16-42)25-11-12-26(33(34,35)36)44(25)40-28/h3-12,27H,13-20H2,1-2H3,(H2,37,38,46)/t27-,32?/m0/s1. The van der Waals surface area contributed by atoms with Gasteiger partial charge >= 0.3 is 12.2 Å². The van der Waals surface area contributed by atoms with Gasteiger partial charge in [-0.1, -0.05) is 0 Å². The molecule has 2 aromatic carbocycles. The summed E-state index contributed by atoms with van der Waals surface area (Å²) in [5.41, 5.74) is 1.64. The maximum absolute atomic E-state index is 13.8. The van der Waals surface area contributed by atoms with Crippen LogP contribution in [-0.4, -0.2) is 95.9 Å². The monoisotopic (exact) mass is 648 g/mol. The molecule has 11 nitrogen and oxygen atoms in total. The van der Waals surface area contributed by atoms with E-state index in [9.17, 15) is 22.8 Å². The molecule has 3 amide bonds. The predicted octanol–water partition coefficient (Wildman–Crippen LogP) is 5.06. The van der Waals surface area contributed by atoms with Gasteiger partial charge in [0.15, 0.2) is 11.6 Å². The lowest BCUT2D eigenvalue weighted by Crippen LogP contribution is -2.37. The number of benzene rings is 2. The number of halogens is 3. The van der Waals surface area contributed by atoms with Crippen molar-refractivity contribution in [3.05, 3.63) is 71.9 Å². The second-order valence-corrected chi connectivity index (χ2v) is 12.6. The summed E-state index contributed by atoms with van der Waals surface area (Å²) in [4.78, 5) is 36.5. The van der Waals surface area contributed by atoms with E-state index in [0.29, 0.717) is 60.7 Å². The van der Waals surface area contributed by atoms with Crippen LogP contribution >= 0.6 is 0 Å². The minimum atomic E-state index is -4.60. The summed E-state index contributed by atoms with van der Waals surface area (Å²) in [6, 6.07) is 15.8. The number of fused-ring (bicyclic) bond motifs is 1. The quantitative estimate of drug-likeness (QED) is 0.301. The average Bonchev–Trinajstić information content (AvgIpc) is 3.35. The van der Waals surface area contributed by atoms with Gasteiger partial charge in [0.1, 0.15) is 11.2 Å². The molecule has 0 radical (unpaired) electrons. The predicted molar refractivity (Wildman–Crippen MR) is 171 cm³/mol. The van der Waals surface area contributed by atoms with E-state index >= 15 is 0 Å². The summed E-state index contributed by atoms with van der Waals surface area (Å²) < 4.78 is 47.7. The molecule has 1 aliphatic carbocycles. The number of urea groups is 1. The normalized spacial score (nSPS) is 21.1. The molecule has 2 saturated heterocycles. The van der Waals surface area contributed by atoms with Crippen LogP contribution in [-0.2, 0) is 10.9 Å². The molecule has 1 spiro atoms. The Bertz CT molecular complexity index is 1800. The van der Waals surface area contributed by atoms with Crippen molar-refractivity contribution in [2.75, 3.05) is 69.0 Å². The van der Waals surface area contributed by atoms with Gasteiger partial charge in [0.05, 0.1) is 13.2 Å². The number of hydrogen-bond donors (Lipinski definition) is 2. The molecule has 47 heavy (non-hydrogen) atoms. The molecular formula is C33H35F3N8O3. The SMILES string of the molecule is CN(C)[C@H]1CC12CCN(C(=O)c1ccc(NC(=O)Nc3ccc(-c4nc(N5CCOCC5)c5ccc(C(F)(F)F)n5n4)cc3)cc1)C2. The van der Waals surface area contributed by atoms with E-state index in [1.807, 2.05) is 9.80 Å². The fraction of sp³-hybridized carbons (Fsp3) is 0.394. The number of aromatic nitrogens is 3. The van der Waals surface area contributed by atoms with Crippen molar-refractivity contribution >= 4 is 34.6 Å². The minimum absolute atomic E-state index is 0.00558. The van der Waals surface area contributed by atoms with Gasteiger partial charge in [-0.2, -0.15) is 13.2 Å². The maximum Gasteiger partial charge on any atom is 0.433 e. The number of nitrogens with one attached hydrogen (secondary N) is 2. The Hall–Kier alpha value is -4.69. The highest BCUT2D eigenvalue weighted by atomic mass is 19.4. The Labute approximate surface area is 269 Å². The molecule has 4 heterocycles. The summed E-state index contributed by atoms with van der Waals surface area (Å²) in [6.07, 6.45) is -2.45. The number of ether oxygens (including phenoxy) is 1. The Morgan fingerprint density at radius 3 is 2.21 bits per heavy atom. The zero-order valence-electron chi connectivity index (χ0n) is 26.0. The smallest absolute Gasteiger partial charge is 0.378 e. The van der Waals surface area contributed by atoms with Crippen LogP contribution in [0.1, 0.15) is 28.9 Å². The third kappa shape index (κ3) is 6.10. The van der Waals surface area contributed by atoms with Crippen LogP contribution in [0.5, 0.6) is 0 Å². The van der Waals surface area contributed by atoms with Crippen LogP contribution in [0, 0.1) is 5.41 Å². The number of carbonyl (C=O) groups excluding carboxylic acids is 2. The fourth-order valence-corrected chi connectivity index (χ4v) is 6.76. The number of carbonyl (C=O) groups is 2. The maximum atomic E-state index is 13.8. The van der Waals surface area contributed by atoms with Crippen molar-refractivity contribution in [3.8, 4) is 11.4 Å². The molecule has 4 aromatic rings. The van der Waals surface area contributed by atoms with E-state index in [0.717, 1.165) is 36.5 Å². The molecule has 1 unspecified atom stereocenters. The molecule has 2 atom stereocenters. The zero-order chi connectivity index (χ0) is 32.9. The highest BCUT2D eigenvalue weighted by molar-refractivity contribution is 6.00. The number of anilines is 3. The van der Waals surface area contributed by atoms with Crippen molar-refractivity contribution in [3.63, 3.8) is 0 Å². The summed E-state index contributed by atoms with van der Waals surface area (Å²) >= 11 is 0. The number of nitrogens with zero attached hydrogens (tertiary/aromatic N) is 6. The molecule has 1 saturated carbocycles. The van der Waals surface area contributed by atoms with Crippen molar-refractivity contribution in [2.24, 2.45) is 5.41 Å².